The molecule has 2 aliphatic rings. The minimum absolute atomic E-state index is 0.00819. The highest BCUT2D eigenvalue weighted by molar-refractivity contribution is 5.86. The van der Waals surface area contributed by atoms with Crippen LogP contribution >= 0.6 is 0 Å². The summed E-state index contributed by atoms with van der Waals surface area (Å²) in [6, 6.07) is 19.4. The first kappa shape index (κ1) is 19.5. The Morgan fingerprint density at radius 1 is 1.00 bits per heavy atom. The van der Waals surface area contributed by atoms with Gasteiger partial charge in [0.1, 0.15) is 6.61 Å². The van der Waals surface area contributed by atoms with Crippen molar-refractivity contribution in [1.82, 2.24) is 9.80 Å². The molecule has 4 rings (SSSR count). The van der Waals surface area contributed by atoms with Crippen LogP contribution in [0.15, 0.2) is 60.7 Å². The van der Waals surface area contributed by atoms with E-state index in [2.05, 4.69) is 0 Å². The number of nitrogens with zero attached hydrogens (tertiary/aromatic N) is 2. The van der Waals surface area contributed by atoms with Gasteiger partial charge in [-0.1, -0.05) is 60.7 Å². The van der Waals surface area contributed by atoms with Gasteiger partial charge in [0.2, 0.25) is 5.91 Å². The lowest BCUT2D eigenvalue weighted by molar-refractivity contribution is -0.146. The van der Waals surface area contributed by atoms with Crippen molar-refractivity contribution in [2.45, 2.75) is 32.1 Å². The van der Waals surface area contributed by atoms with E-state index in [0.29, 0.717) is 32.5 Å². The van der Waals surface area contributed by atoms with Crippen LogP contribution in [0.2, 0.25) is 0 Å². The number of piperidine rings is 1. The van der Waals surface area contributed by atoms with Gasteiger partial charge in [0, 0.05) is 19.6 Å². The molecule has 0 bridgehead atoms. The molecule has 2 heterocycles. The van der Waals surface area contributed by atoms with E-state index in [4.69, 9.17) is 4.74 Å². The molecule has 152 valence electrons. The van der Waals surface area contributed by atoms with Gasteiger partial charge in [-0.3, -0.25) is 4.79 Å². The highest BCUT2D eigenvalue weighted by Gasteiger charge is 2.54. The average molecular weight is 394 g/mol. The van der Waals surface area contributed by atoms with Crippen molar-refractivity contribution in [3.63, 3.8) is 0 Å². The van der Waals surface area contributed by atoms with Crippen LogP contribution < -0.4 is 0 Å². The molecular formula is C23H26N2O4. The van der Waals surface area contributed by atoms with Crippen LogP contribution in [0.25, 0.3) is 0 Å². The Morgan fingerprint density at radius 3 is 2.28 bits per heavy atom. The zero-order valence-electron chi connectivity index (χ0n) is 16.4. The van der Waals surface area contributed by atoms with Crippen molar-refractivity contribution in [1.29, 1.82) is 0 Å². The molecule has 2 unspecified atom stereocenters. The average Bonchev–Trinajstić information content (AvgIpc) is 3.06. The molecule has 2 aromatic carbocycles. The quantitative estimate of drug-likeness (QED) is 0.866. The van der Waals surface area contributed by atoms with Gasteiger partial charge in [0.15, 0.2) is 0 Å². The van der Waals surface area contributed by atoms with Crippen LogP contribution in [0.4, 0.5) is 4.79 Å². The van der Waals surface area contributed by atoms with E-state index >= 15 is 0 Å². The number of carbonyl (C=O) groups is 2. The van der Waals surface area contributed by atoms with Crippen molar-refractivity contribution in [2.24, 2.45) is 5.41 Å². The molecule has 0 aromatic heterocycles. The van der Waals surface area contributed by atoms with Gasteiger partial charge < -0.3 is 19.6 Å². The topological polar surface area (TPSA) is 70.1 Å². The van der Waals surface area contributed by atoms with Crippen LogP contribution in [0.5, 0.6) is 0 Å². The molecule has 0 saturated carbocycles. The van der Waals surface area contributed by atoms with E-state index in [0.717, 1.165) is 11.1 Å². The van der Waals surface area contributed by atoms with E-state index in [1.54, 1.807) is 0 Å². The molecule has 2 amide bonds. The highest BCUT2D eigenvalue weighted by Crippen LogP contribution is 2.42. The summed E-state index contributed by atoms with van der Waals surface area (Å²) in [5, 5.41) is 10.8. The molecule has 2 saturated heterocycles. The molecular weight excluding hydrogens is 368 g/mol. The lowest BCUT2D eigenvalue weighted by Gasteiger charge is -2.41. The molecule has 0 aliphatic carbocycles. The molecule has 6 heteroatoms. The summed E-state index contributed by atoms with van der Waals surface area (Å²) in [5.41, 5.74) is 1.21. The molecule has 2 aromatic rings. The maximum Gasteiger partial charge on any atom is 0.410 e. The number of aliphatic hydroxyl groups excluding tert-OH is 1. The Morgan fingerprint density at radius 2 is 1.62 bits per heavy atom. The second kappa shape index (κ2) is 8.25. The second-order valence-electron chi connectivity index (χ2n) is 7.87. The summed E-state index contributed by atoms with van der Waals surface area (Å²) in [4.78, 5) is 28.8. The molecule has 6 nitrogen and oxygen atoms in total. The van der Waals surface area contributed by atoms with Gasteiger partial charge in [-0.15, -0.1) is 0 Å². The summed E-state index contributed by atoms with van der Waals surface area (Å²) in [6.07, 6.45) is -0.256. The van der Waals surface area contributed by atoms with Crippen molar-refractivity contribution in [2.75, 3.05) is 19.6 Å². The summed E-state index contributed by atoms with van der Waals surface area (Å²) in [5.74, 6) is -0.00819. The fourth-order valence-electron chi connectivity index (χ4n) is 4.31. The minimum atomic E-state index is -0.881. The van der Waals surface area contributed by atoms with Gasteiger partial charge in [-0.05, 0) is 24.0 Å². The third-order valence-electron chi connectivity index (χ3n) is 6.08. The van der Waals surface area contributed by atoms with Crippen molar-refractivity contribution < 1.29 is 19.4 Å². The first-order valence-electron chi connectivity index (χ1n) is 10.1. The number of rotatable bonds is 4. The van der Waals surface area contributed by atoms with Crippen LogP contribution in [-0.4, -0.2) is 52.6 Å². The monoisotopic (exact) mass is 394 g/mol. The Bertz CT molecular complexity index is 858. The van der Waals surface area contributed by atoms with E-state index < -0.39 is 17.6 Å². The fourth-order valence-corrected chi connectivity index (χ4v) is 4.31. The Balaban J connectivity index is 1.34. The first-order chi connectivity index (χ1) is 14.1. The van der Waals surface area contributed by atoms with Gasteiger partial charge in [0.25, 0.3) is 0 Å². The molecule has 1 spiro atoms. The van der Waals surface area contributed by atoms with E-state index in [1.165, 1.54) is 4.90 Å². The summed E-state index contributed by atoms with van der Waals surface area (Å²) in [7, 11) is 0. The fraction of sp³-hybridized carbons (Fsp3) is 0.391. The number of carbonyl (C=O) groups excluding carboxylic acids is 2. The van der Waals surface area contributed by atoms with Crippen molar-refractivity contribution in [3.8, 4) is 0 Å². The van der Waals surface area contributed by atoms with Crippen LogP contribution in [0.1, 0.15) is 24.0 Å². The number of β-amino-alcohol motifs (C(OH)–C–C–N with tert-alkyl or cyclic N) is 1. The molecule has 2 fully saturated rings. The van der Waals surface area contributed by atoms with Crippen molar-refractivity contribution in [3.05, 3.63) is 71.8 Å². The number of amides is 2. The Hall–Kier alpha value is -2.86. The third kappa shape index (κ3) is 3.98. The zero-order chi connectivity index (χ0) is 20.3. The molecule has 2 atom stereocenters. The summed E-state index contributed by atoms with van der Waals surface area (Å²) >= 11 is 0. The van der Waals surface area contributed by atoms with Gasteiger partial charge in [-0.25, -0.2) is 4.79 Å². The smallest absolute Gasteiger partial charge is 0.410 e. The molecule has 29 heavy (non-hydrogen) atoms. The second-order valence-corrected chi connectivity index (χ2v) is 7.87. The predicted molar refractivity (Wildman–Crippen MR) is 108 cm³/mol. The minimum Gasteiger partial charge on any atom is -0.445 e. The number of ether oxygens (including phenoxy) is 1. The van der Waals surface area contributed by atoms with E-state index in [1.807, 2.05) is 65.6 Å². The van der Waals surface area contributed by atoms with Crippen LogP contribution in [0, 0.1) is 5.41 Å². The molecule has 1 N–H and O–H groups in total. The third-order valence-corrected chi connectivity index (χ3v) is 6.08. The summed E-state index contributed by atoms with van der Waals surface area (Å²) < 4.78 is 5.37. The first-order valence-corrected chi connectivity index (χ1v) is 10.1. The van der Waals surface area contributed by atoms with E-state index in [9.17, 15) is 14.7 Å². The number of aliphatic hydroxyl groups is 1. The van der Waals surface area contributed by atoms with Crippen LogP contribution in [0.3, 0.4) is 0 Å². The van der Waals surface area contributed by atoms with Gasteiger partial charge >= 0.3 is 6.09 Å². The molecule has 2 aliphatic heterocycles. The lowest BCUT2D eigenvalue weighted by Crippen LogP contribution is -2.55. The highest BCUT2D eigenvalue weighted by atomic mass is 16.6. The number of hydrogen-bond acceptors (Lipinski definition) is 4. The Kier molecular flexibility index (Phi) is 5.53. The van der Waals surface area contributed by atoms with Crippen molar-refractivity contribution >= 4 is 12.0 Å². The number of likely N-dealkylation sites (tertiary alicyclic amines) is 2. The number of hydrogen-bond donors (Lipinski definition) is 1. The normalized spacial score (nSPS) is 24.2. The van der Waals surface area contributed by atoms with Gasteiger partial charge in [0.05, 0.1) is 18.1 Å². The van der Waals surface area contributed by atoms with E-state index in [-0.39, 0.29) is 19.1 Å². The van der Waals surface area contributed by atoms with Gasteiger partial charge in [-0.2, -0.15) is 0 Å². The number of benzene rings is 2. The largest absolute Gasteiger partial charge is 0.445 e. The maximum absolute atomic E-state index is 13.1. The standard InChI is InChI=1S/C23H26N2O4/c26-20-16-25(22(28)29-17-19-9-5-2-6-10-19)14-12-23(20)11-13-24(21(23)27)15-18-7-3-1-4-8-18/h1-10,20,26H,11-17H2. The lowest BCUT2D eigenvalue weighted by atomic mass is 9.75. The summed E-state index contributed by atoms with van der Waals surface area (Å²) in [6.45, 7) is 1.91. The zero-order valence-corrected chi connectivity index (χ0v) is 16.4. The Labute approximate surface area is 170 Å². The maximum atomic E-state index is 13.1. The molecule has 0 radical (unpaired) electrons. The van der Waals surface area contributed by atoms with Crippen LogP contribution in [-0.2, 0) is 22.7 Å². The predicted octanol–water partition coefficient (Wildman–Crippen LogP) is 2.81. The SMILES string of the molecule is O=C(OCc1ccccc1)N1CCC2(CCN(Cc3ccccc3)C2=O)C(O)C1.